The number of allylic oxidation sites excluding steroid dienone is 1. The lowest BCUT2D eigenvalue weighted by Crippen LogP contribution is -2.18. The number of benzene rings is 1. The molecule has 0 spiro atoms. The Kier molecular flexibility index (Phi) is 7.86. The maximum Gasteiger partial charge on any atom is 0.154 e. The Hall–Kier alpha value is -3.90. The molecule has 3 aromatic heterocycles. The van der Waals surface area contributed by atoms with E-state index in [0.717, 1.165) is 41.9 Å². The fourth-order valence-electron chi connectivity index (χ4n) is 4.17. The van der Waals surface area contributed by atoms with Crippen LogP contribution in [0, 0.1) is 11.6 Å². The molecule has 4 aromatic rings. The third kappa shape index (κ3) is 5.50. The number of rotatable bonds is 5. The Morgan fingerprint density at radius 2 is 1.92 bits per heavy atom. The molecule has 0 saturated carbocycles. The summed E-state index contributed by atoms with van der Waals surface area (Å²) in [4.78, 5) is 20.8. The minimum atomic E-state index is -0.364. The number of aryl methyl sites for hydroxylation is 1. The van der Waals surface area contributed by atoms with Gasteiger partial charge < -0.3 is 4.90 Å². The van der Waals surface area contributed by atoms with Gasteiger partial charge in [-0.1, -0.05) is 33.3 Å². The predicted molar refractivity (Wildman–Crippen MR) is 136 cm³/mol. The van der Waals surface area contributed by atoms with Crippen molar-refractivity contribution in [1.29, 1.82) is 0 Å². The van der Waals surface area contributed by atoms with Crippen molar-refractivity contribution in [3.8, 4) is 11.3 Å². The molecule has 8 heteroatoms. The van der Waals surface area contributed by atoms with Crippen LogP contribution in [0.15, 0.2) is 60.7 Å². The molecule has 0 atom stereocenters. The van der Waals surface area contributed by atoms with E-state index in [2.05, 4.69) is 22.0 Å². The monoisotopic (exact) mass is 489 g/mol. The lowest BCUT2D eigenvalue weighted by Gasteiger charge is -2.18. The first-order valence-corrected chi connectivity index (χ1v) is 12.2. The van der Waals surface area contributed by atoms with Gasteiger partial charge in [-0.05, 0) is 54.7 Å². The van der Waals surface area contributed by atoms with Crippen LogP contribution in [0.25, 0.3) is 16.9 Å². The quantitative estimate of drug-likeness (QED) is 0.315. The summed E-state index contributed by atoms with van der Waals surface area (Å²) in [7, 11) is 0. The molecule has 186 valence electrons. The highest BCUT2D eigenvalue weighted by atomic mass is 19.1. The molecule has 1 aromatic carbocycles. The molecular weight excluding hydrogens is 460 g/mol. The van der Waals surface area contributed by atoms with Crippen molar-refractivity contribution in [3.05, 3.63) is 83.6 Å². The Bertz CT molecular complexity index is 1410. The molecule has 4 heterocycles. The summed E-state index contributed by atoms with van der Waals surface area (Å²) in [5, 5.41) is 4.62. The first kappa shape index (κ1) is 25.2. The van der Waals surface area contributed by atoms with Gasteiger partial charge in [0.2, 0.25) is 0 Å². The smallest absolute Gasteiger partial charge is 0.154 e. The number of aromatic nitrogens is 4. The molecule has 1 aliphatic heterocycles. The number of nitrogens with zero attached hydrogens (tertiary/aromatic N) is 5. The summed E-state index contributed by atoms with van der Waals surface area (Å²) in [5.74, 6) is 1.65. The Balaban J connectivity index is 0.000000256. The topological polar surface area (TPSA) is 63.4 Å². The van der Waals surface area contributed by atoms with Gasteiger partial charge in [-0.15, -0.1) is 0 Å². The number of hydrogen-bond donors (Lipinski definition) is 0. The summed E-state index contributed by atoms with van der Waals surface area (Å²) < 4.78 is 29.0. The van der Waals surface area contributed by atoms with E-state index >= 15 is 0 Å². The van der Waals surface area contributed by atoms with Crippen molar-refractivity contribution >= 4 is 17.3 Å². The number of imidazole rings is 1. The summed E-state index contributed by atoms with van der Waals surface area (Å²) in [6, 6.07) is 10.4. The van der Waals surface area contributed by atoms with Crippen LogP contribution in [0.5, 0.6) is 0 Å². The Morgan fingerprint density at radius 1 is 1.08 bits per heavy atom. The van der Waals surface area contributed by atoms with Gasteiger partial charge in [0, 0.05) is 24.7 Å². The molecule has 0 N–H and O–H groups in total. The van der Waals surface area contributed by atoms with Gasteiger partial charge in [0.05, 0.1) is 29.5 Å². The molecule has 1 saturated heterocycles. The van der Waals surface area contributed by atoms with Crippen LogP contribution in [-0.4, -0.2) is 32.1 Å². The van der Waals surface area contributed by atoms with Gasteiger partial charge in [-0.3, -0.25) is 4.98 Å². The second kappa shape index (κ2) is 11.2. The zero-order valence-electron chi connectivity index (χ0n) is 20.7. The Morgan fingerprint density at radius 3 is 2.58 bits per heavy atom. The molecule has 0 radical (unpaired) electrons. The van der Waals surface area contributed by atoms with Crippen molar-refractivity contribution in [2.75, 3.05) is 11.4 Å². The average Bonchev–Trinajstić information content (AvgIpc) is 3.51. The fraction of sp³-hybridized carbons (Fsp3) is 0.321. The molecule has 36 heavy (non-hydrogen) atoms. The maximum atomic E-state index is 14.8. The van der Waals surface area contributed by atoms with Gasteiger partial charge >= 0.3 is 0 Å². The van der Waals surface area contributed by atoms with E-state index in [1.54, 1.807) is 27.9 Å². The normalized spacial score (nSPS) is 13.2. The minimum Gasteiger partial charge on any atom is -0.333 e. The van der Waals surface area contributed by atoms with E-state index in [1.807, 2.05) is 38.0 Å². The van der Waals surface area contributed by atoms with E-state index in [9.17, 15) is 13.6 Å². The Labute approximate surface area is 209 Å². The van der Waals surface area contributed by atoms with Crippen LogP contribution in [0.4, 0.5) is 14.5 Å². The standard InChI is InChI=1S/C20H19FN4O.C8H10FN/c1-2-4-15-7-9-20-22-12-19(25(20)23-15)14-6-8-18(17(21)11-14)24-10-3-5-16(24)13-26;1-6(2)7-3-8(9)5-10-4-7/h6-9,11-12H,2-5,10H2,1H3;3-6H,1-2H3. The number of anilines is 1. The zero-order valence-corrected chi connectivity index (χ0v) is 20.7. The summed E-state index contributed by atoms with van der Waals surface area (Å²) >= 11 is 0. The number of pyridine rings is 1. The van der Waals surface area contributed by atoms with E-state index in [4.69, 9.17) is 0 Å². The minimum absolute atomic E-state index is 0.258. The fourth-order valence-corrected chi connectivity index (χ4v) is 4.17. The van der Waals surface area contributed by atoms with E-state index in [1.165, 1.54) is 18.3 Å². The predicted octanol–water partition coefficient (Wildman–Crippen LogP) is 6.15. The molecule has 1 fully saturated rings. The number of fused-ring (bicyclic) bond motifs is 1. The van der Waals surface area contributed by atoms with Gasteiger partial charge in [-0.2, -0.15) is 5.10 Å². The van der Waals surface area contributed by atoms with Crippen LogP contribution in [0.1, 0.15) is 57.2 Å². The van der Waals surface area contributed by atoms with Crippen LogP contribution >= 0.6 is 0 Å². The summed E-state index contributed by atoms with van der Waals surface area (Å²) in [6.45, 7) is 6.76. The van der Waals surface area contributed by atoms with Crippen molar-refractivity contribution in [3.63, 3.8) is 0 Å². The van der Waals surface area contributed by atoms with Crippen molar-refractivity contribution in [2.24, 2.45) is 0 Å². The molecule has 0 unspecified atom stereocenters. The number of hydrogen-bond acceptors (Lipinski definition) is 5. The van der Waals surface area contributed by atoms with Gasteiger partial charge in [0.25, 0.3) is 0 Å². The van der Waals surface area contributed by atoms with Crippen molar-refractivity contribution in [1.82, 2.24) is 19.6 Å². The van der Waals surface area contributed by atoms with Crippen molar-refractivity contribution < 1.29 is 13.6 Å². The van der Waals surface area contributed by atoms with Gasteiger partial charge in [-0.25, -0.2) is 23.1 Å². The lowest BCUT2D eigenvalue weighted by atomic mass is 10.1. The highest BCUT2D eigenvalue weighted by Crippen LogP contribution is 2.32. The van der Waals surface area contributed by atoms with E-state index < -0.39 is 0 Å². The number of halogens is 2. The van der Waals surface area contributed by atoms with E-state index in [-0.39, 0.29) is 11.6 Å². The summed E-state index contributed by atoms with van der Waals surface area (Å²) in [5.41, 5.74) is 5.03. The maximum absolute atomic E-state index is 14.8. The van der Waals surface area contributed by atoms with Crippen LogP contribution in [-0.2, 0) is 11.2 Å². The van der Waals surface area contributed by atoms with E-state index in [0.29, 0.717) is 35.8 Å². The van der Waals surface area contributed by atoms with Crippen molar-refractivity contribution in [2.45, 2.75) is 52.4 Å². The molecule has 0 bridgehead atoms. The second-order valence-corrected chi connectivity index (χ2v) is 9.05. The molecule has 6 nitrogen and oxygen atoms in total. The van der Waals surface area contributed by atoms with Crippen LogP contribution in [0.3, 0.4) is 0 Å². The SMILES string of the molecule is CC(C)c1cncc(F)c1.CCCc1ccc2ncc(-c3ccc(N4CCCC4=C=O)c(F)c3)n2n1. The van der Waals surface area contributed by atoms with Gasteiger partial charge in [0.15, 0.2) is 5.65 Å². The molecular formula is C28H29F2N5O. The van der Waals surface area contributed by atoms with Gasteiger partial charge in [0.1, 0.15) is 23.3 Å². The molecule has 0 amide bonds. The first-order chi connectivity index (χ1) is 17.4. The summed E-state index contributed by atoms with van der Waals surface area (Å²) in [6.07, 6.45) is 7.98. The average molecular weight is 490 g/mol. The second-order valence-electron chi connectivity index (χ2n) is 9.05. The largest absolute Gasteiger partial charge is 0.333 e. The highest BCUT2D eigenvalue weighted by Gasteiger charge is 2.23. The first-order valence-electron chi connectivity index (χ1n) is 12.2. The lowest BCUT2D eigenvalue weighted by molar-refractivity contribution is 0.566. The third-order valence-electron chi connectivity index (χ3n) is 6.09. The molecule has 1 aliphatic rings. The third-order valence-corrected chi connectivity index (χ3v) is 6.09. The highest BCUT2D eigenvalue weighted by molar-refractivity contribution is 5.70. The molecule has 0 aliphatic carbocycles. The number of carbonyl (C=O) groups excluding carboxylic acids is 1. The van der Waals surface area contributed by atoms with Crippen LogP contribution in [0.2, 0.25) is 0 Å². The zero-order chi connectivity index (χ0) is 25.7. The molecule has 5 rings (SSSR count). The van der Waals surface area contributed by atoms with Crippen LogP contribution < -0.4 is 4.90 Å².